The number of fused-ring (bicyclic) bond motifs is 1. The minimum absolute atomic E-state index is 0.442. The number of aromatic nitrogens is 2. The van der Waals surface area contributed by atoms with Gasteiger partial charge in [-0.3, -0.25) is 0 Å². The highest BCUT2D eigenvalue weighted by Gasteiger charge is 2.07. The number of benzene rings is 2. The third-order valence-electron chi connectivity index (χ3n) is 3.24. The maximum Gasteiger partial charge on any atom is 0.171 e. The molecule has 5 heteroatoms. The number of methoxy groups -OCH3 is 1. The first kappa shape index (κ1) is 14.0. The molecule has 21 heavy (non-hydrogen) atoms. The molecule has 108 valence electrons. The van der Waals surface area contributed by atoms with Crippen molar-refractivity contribution in [3.8, 4) is 5.75 Å². The Morgan fingerprint density at radius 2 is 1.95 bits per heavy atom. The standard InChI is InChI=1S/C16H16N2O2S/c1-10(19)11-3-6-13(7-4-11)21-16-17-14-8-5-12(20-2)9-15(14)18-16/h3-10,19H,1-2H3,(H,17,18)/t10-/m1/s1. The lowest BCUT2D eigenvalue weighted by Crippen LogP contribution is -1.89. The molecule has 1 heterocycles. The van der Waals surface area contributed by atoms with Crippen molar-refractivity contribution in [2.45, 2.75) is 23.1 Å². The predicted octanol–water partition coefficient (Wildman–Crippen LogP) is 3.78. The average Bonchev–Trinajstić information content (AvgIpc) is 2.88. The molecule has 0 fully saturated rings. The fourth-order valence-corrected chi connectivity index (χ4v) is 2.87. The van der Waals surface area contributed by atoms with Crippen molar-refractivity contribution in [2.75, 3.05) is 7.11 Å². The van der Waals surface area contributed by atoms with E-state index in [4.69, 9.17) is 4.74 Å². The van der Waals surface area contributed by atoms with Gasteiger partial charge in [-0.15, -0.1) is 0 Å². The number of H-pyrrole nitrogens is 1. The number of hydrogen-bond acceptors (Lipinski definition) is 4. The van der Waals surface area contributed by atoms with Gasteiger partial charge >= 0.3 is 0 Å². The Balaban J connectivity index is 1.84. The summed E-state index contributed by atoms with van der Waals surface area (Å²) < 4.78 is 5.21. The molecular formula is C16H16N2O2S. The number of nitrogens with zero attached hydrogens (tertiary/aromatic N) is 1. The van der Waals surface area contributed by atoms with Crippen LogP contribution in [-0.4, -0.2) is 22.2 Å². The van der Waals surface area contributed by atoms with Crippen LogP contribution in [-0.2, 0) is 0 Å². The minimum Gasteiger partial charge on any atom is -0.497 e. The number of aliphatic hydroxyl groups is 1. The van der Waals surface area contributed by atoms with E-state index in [-0.39, 0.29) is 0 Å². The summed E-state index contributed by atoms with van der Waals surface area (Å²) in [5.41, 5.74) is 2.78. The number of imidazole rings is 1. The fourth-order valence-electron chi connectivity index (χ4n) is 2.07. The Labute approximate surface area is 127 Å². The van der Waals surface area contributed by atoms with Crippen LogP contribution in [0.1, 0.15) is 18.6 Å². The lowest BCUT2D eigenvalue weighted by molar-refractivity contribution is 0.199. The zero-order chi connectivity index (χ0) is 14.8. The molecule has 0 amide bonds. The zero-order valence-corrected chi connectivity index (χ0v) is 12.6. The largest absolute Gasteiger partial charge is 0.497 e. The molecule has 2 aromatic carbocycles. The van der Waals surface area contributed by atoms with Gasteiger partial charge in [0.05, 0.1) is 24.2 Å². The first-order chi connectivity index (χ1) is 10.2. The second-order valence-corrected chi connectivity index (χ2v) is 5.83. The zero-order valence-electron chi connectivity index (χ0n) is 11.8. The summed E-state index contributed by atoms with van der Waals surface area (Å²) in [5.74, 6) is 0.809. The van der Waals surface area contributed by atoms with E-state index in [0.29, 0.717) is 0 Å². The van der Waals surface area contributed by atoms with Crippen LogP contribution in [0.5, 0.6) is 5.75 Å². The molecule has 0 aliphatic rings. The van der Waals surface area contributed by atoms with Gasteiger partial charge in [-0.05, 0) is 36.8 Å². The Hall–Kier alpha value is -1.98. The molecule has 0 saturated carbocycles. The second kappa shape index (κ2) is 5.79. The summed E-state index contributed by atoms with van der Waals surface area (Å²) in [7, 11) is 1.65. The molecule has 0 unspecified atom stereocenters. The third kappa shape index (κ3) is 3.04. The lowest BCUT2D eigenvalue weighted by Gasteiger charge is -2.04. The summed E-state index contributed by atoms with van der Waals surface area (Å²) in [6.45, 7) is 1.76. The molecule has 3 rings (SSSR count). The van der Waals surface area contributed by atoms with Crippen LogP contribution in [0.2, 0.25) is 0 Å². The summed E-state index contributed by atoms with van der Waals surface area (Å²) in [4.78, 5) is 8.90. The van der Waals surface area contributed by atoms with Gasteiger partial charge in [0.2, 0.25) is 0 Å². The van der Waals surface area contributed by atoms with E-state index in [9.17, 15) is 5.11 Å². The molecule has 3 aromatic rings. The van der Waals surface area contributed by atoms with Crippen LogP contribution in [0.4, 0.5) is 0 Å². The molecule has 2 N–H and O–H groups in total. The molecular weight excluding hydrogens is 284 g/mol. The number of ether oxygens (including phenoxy) is 1. The van der Waals surface area contributed by atoms with E-state index < -0.39 is 6.10 Å². The Morgan fingerprint density at radius 1 is 1.19 bits per heavy atom. The number of rotatable bonds is 4. The van der Waals surface area contributed by atoms with Crippen molar-refractivity contribution in [1.82, 2.24) is 9.97 Å². The number of hydrogen-bond donors (Lipinski definition) is 2. The van der Waals surface area contributed by atoms with E-state index in [1.165, 1.54) is 0 Å². The highest BCUT2D eigenvalue weighted by atomic mass is 32.2. The van der Waals surface area contributed by atoms with Crippen molar-refractivity contribution in [3.05, 3.63) is 48.0 Å². The molecule has 0 bridgehead atoms. The normalized spacial score (nSPS) is 12.5. The summed E-state index contributed by atoms with van der Waals surface area (Å²) in [6.07, 6.45) is -0.442. The van der Waals surface area contributed by atoms with Gasteiger partial charge < -0.3 is 14.8 Å². The van der Waals surface area contributed by atoms with Gasteiger partial charge in [0.15, 0.2) is 5.16 Å². The summed E-state index contributed by atoms with van der Waals surface area (Å²) in [6, 6.07) is 13.6. The molecule has 0 aliphatic carbocycles. The van der Waals surface area contributed by atoms with Gasteiger partial charge in [0.25, 0.3) is 0 Å². The van der Waals surface area contributed by atoms with E-state index in [0.717, 1.165) is 32.4 Å². The maximum atomic E-state index is 9.51. The molecule has 1 aromatic heterocycles. The number of aliphatic hydroxyl groups excluding tert-OH is 1. The van der Waals surface area contributed by atoms with Crippen LogP contribution in [0.25, 0.3) is 11.0 Å². The lowest BCUT2D eigenvalue weighted by atomic mass is 10.1. The van der Waals surface area contributed by atoms with Crippen LogP contribution in [0.3, 0.4) is 0 Å². The van der Waals surface area contributed by atoms with Crippen LogP contribution in [0.15, 0.2) is 52.5 Å². The number of aromatic amines is 1. The van der Waals surface area contributed by atoms with Crippen molar-refractivity contribution in [2.24, 2.45) is 0 Å². The first-order valence-corrected chi connectivity index (χ1v) is 7.47. The molecule has 0 spiro atoms. The molecule has 0 aliphatic heterocycles. The van der Waals surface area contributed by atoms with Gasteiger partial charge in [0.1, 0.15) is 5.75 Å². The van der Waals surface area contributed by atoms with Crippen molar-refractivity contribution < 1.29 is 9.84 Å². The highest BCUT2D eigenvalue weighted by molar-refractivity contribution is 7.99. The summed E-state index contributed by atoms with van der Waals surface area (Å²) >= 11 is 1.56. The Kier molecular flexibility index (Phi) is 3.86. The smallest absolute Gasteiger partial charge is 0.171 e. The average molecular weight is 300 g/mol. The number of nitrogens with one attached hydrogen (secondary N) is 1. The first-order valence-electron chi connectivity index (χ1n) is 6.65. The van der Waals surface area contributed by atoms with Gasteiger partial charge in [-0.1, -0.05) is 23.9 Å². The van der Waals surface area contributed by atoms with E-state index in [1.807, 2.05) is 42.5 Å². The van der Waals surface area contributed by atoms with Gasteiger partial charge in [-0.2, -0.15) is 0 Å². The minimum atomic E-state index is -0.442. The predicted molar refractivity (Wildman–Crippen MR) is 83.8 cm³/mol. The monoisotopic (exact) mass is 300 g/mol. The van der Waals surface area contributed by atoms with Crippen LogP contribution < -0.4 is 4.74 Å². The van der Waals surface area contributed by atoms with E-state index in [2.05, 4.69) is 9.97 Å². The van der Waals surface area contributed by atoms with Crippen molar-refractivity contribution in [3.63, 3.8) is 0 Å². The Morgan fingerprint density at radius 3 is 2.62 bits per heavy atom. The molecule has 1 atom stereocenters. The highest BCUT2D eigenvalue weighted by Crippen LogP contribution is 2.29. The van der Waals surface area contributed by atoms with Crippen molar-refractivity contribution >= 4 is 22.8 Å². The van der Waals surface area contributed by atoms with E-state index >= 15 is 0 Å². The van der Waals surface area contributed by atoms with Crippen LogP contribution >= 0.6 is 11.8 Å². The molecule has 4 nitrogen and oxygen atoms in total. The van der Waals surface area contributed by atoms with E-state index in [1.54, 1.807) is 25.8 Å². The fraction of sp³-hybridized carbons (Fsp3) is 0.188. The quantitative estimate of drug-likeness (QED) is 0.770. The van der Waals surface area contributed by atoms with Gasteiger partial charge in [-0.25, -0.2) is 4.98 Å². The van der Waals surface area contributed by atoms with Crippen molar-refractivity contribution in [1.29, 1.82) is 0 Å². The molecule has 0 saturated heterocycles. The topological polar surface area (TPSA) is 58.1 Å². The van der Waals surface area contributed by atoms with Crippen LogP contribution in [0, 0.1) is 0 Å². The maximum absolute atomic E-state index is 9.51. The molecule has 0 radical (unpaired) electrons. The van der Waals surface area contributed by atoms with Gasteiger partial charge in [0, 0.05) is 11.0 Å². The second-order valence-electron chi connectivity index (χ2n) is 4.77. The Bertz CT molecular complexity index is 751. The third-order valence-corrected chi connectivity index (χ3v) is 4.14. The summed E-state index contributed by atoms with van der Waals surface area (Å²) in [5, 5.41) is 10.3. The SMILES string of the molecule is COc1ccc2nc(Sc3ccc([C@@H](C)O)cc3)[nH]c2c1.